The molecule has 2 aliphatic rings. The van der Waals surface area contributed by atoms with E-state index in [1.807, 2.05) is 0 Å². The Hall–Kier alpha value is -2.61. The van der Waals surface area contributed by atoms with Crippen LogP contribution in [0, 0.1) is 0 Å². The Kier molecular flexibility index (Phi) is 7.18. The van der Waals surface area contributed by atoms with Crippen molar-refractivity contribution in [2.45, 2.75) is 44.4 Å². The third-order valence-corrected chi connectivity index (χ3v) is 6.64. The van der Waals surface area contributed by atoms with Crippen molar-refractivity contribution in [2.24, 2.45) is 0 Å². The summed E-state index contributed by atoms with van der Waals surface area (Å²) in [4.78, 5) is 2.47. The van der Waals surface area contributed by atoms with Gasteiger partial charge in [-0.1, -0.05) is 66.7 Å². The van der Waals surface area contributed by atoms with E-state index in [0.717, 1.165) is 38.0 Å². The lowest BCUT2D eigenvalue weighted by molar-refractivity contribution is -0.534. The summed E-state index contributed by atoms with van der Waals surface area (Å²) in [5, 5.41) is 0. The first-order chi connectivity index (χ1) is 14.8. The molecule has 2 fully saturated rings. The van der Waals surface area contributed by atoms with Gasteiger partial charge in [0, 0.05) is 31.5 Å². The maximum Gasteiger partial charge on any atom is 0.166 e. The van der Waals surface area contributed by atoms with Gasteiger partial charge in [-0.25, -0.2) is 4.58 Å². The van der Waals surface area contributed by atoms with Crippen LogP contribution in [0.5, 0.6) is 0 Å². The predicted octanol–water partition coefficient (Wildman–Crippen LogP) is 5.99. The van der Waals surface area contributed by atoms with Crippen LogP contribution in [-0.2, 0) is 0 Å². The van der Waals surface area contributed by atoms with Crippen molar-refractivity contribution >= 4 is 6.21 Å². The molecule has 30 heavy (non-hydrogen) atoms. The second kappa shape index (κ2) is 10.4. The minimum Gasteiger partial charge on any atom is -0.377 e. The van der Waals surface area contributed by atoms with Crippen LogP contribution in [0.15, 0.2) is 84.6 Å². The van der Waals surface area contributed by atoms with Gasteiger partial charge in [0.25, 0.3) is 0 Å². The normalized spacial score (nSPS) is 21.2. The number of hydrogen-bond donors (Lipinski definition) is 0. The highest BCUT2D eigenvalue weighted by molar-refractivity contribution is 5.73. The number of benzene rings is 2. The summed E-state index contributed by atoms with van der Waals surface area (Å²) in [6, 6.07) is 22.0. The topological polar surface area (TPSA) is 6.25 Å². The van der Waals surface area contributed by atoms with E-state index in [2.05, 4.69) is 102 Å². The quantitative estimate of drug-likeness (QED) is 0.442. The van der Waals surface area contributed by atoms with Crippen molar-refractivity contribution in [2.75, 3.05) is 26.2 Å². The van der Waals surface area contributed by atoms with Crippen molar-refractivity contribution in [3.8, 4) is 0 Å². The molecule has 156 valence electrons. The molecule has 0 aromatic heterocycles. The first kappa shape index (κ1) is 20.7. The molecule has 2 aromatic carbocycles. The smallest absolute Gasteiger partial charge is 0.166 e. The SMILES string of the molecule is CC(=CC=CN1CCC(c2ccccc2)CC1)C=[N+]1CCC(c2ccccc2)CC1. The largest absolute Gasteiger partial charge is 0.377 e. The maximum atomic E-state index is 2.49. The van der Waals surface area contributed by atoms with Gasteiger partial charge in [0.1, 0.15) is 13.1 Å². The van der Waals surface area contributed by atoms with Gasteiger partial charge in [0.2, 0.25) is 0 Å². The van der Waals surface area contributed by atoms with E-state index in [0.29, 0.717) is 0 Å². The molecule has 0 atom stereocenters. The zero-order chi connectivity index (χ0) is 20.6. The third kappa shape index (κ3) is 5.72. The lowest BCUT2D eigenvalue weighted by Crippen LogP contribution is -2.28. The first-order valence-electron chi connectivity index (χ1n) is 11.6. The zero-order valence-corrected chi connectivity index (χ0v) is 18.3. The van der Waals surface area contributed by atoms with Gasteiger partial charge in [0.15, 0.2) is 6.21 Å². The second-order valence-electron chi connectivity index (χ2n) is 8.82. The molecule has 0 spiro atoms. The van der Waals surface area contributed by atoms with Crippen molar-refractivity contribution in [1.82, 2.24) is 4.90 Å². The minimum absolute atomic E-state index is 0.721. The Bertz CT molecular complexity index is 861. The van der Waals surface area contributed by atoms with E-state index in [1.54, 1.807) is 0 Å². The van der Waals surface area contributed by atoms with E-state index >= 15 is 0 Å². The molecular weight excluding hydrogens is 364 g/mol. The fourth-order valence-electron chi connectivity index (χ4n) is 4.84. The van der Waals surface area contributed by atoms with Crippen LogP contribution in [0.3, 0.4) is 0 Å². The maximum absolute atomic E-state index is 2.49. The van der Waals surface area contributed by atoms with Gasteiger partial charge < -0.3 is 4.90 Å². The second-order valence-corrected chi connectivity index (χ2v) is 8.82. The molecule has 2 aromatic rings. The average molecular weight is 400 g/mol. The summed E-state index contributed by atoms with van der Waals surface area (Å²) >= 11 is 0. The van der Waals surface area contributed by atoms with Crippen LogP contribution < -0.4 is 0 Å². The highest BCUT2D eigenvalue weighted by atomic mass is 15.1. The van der Waals surface area contributed by atoms with Crippen molar-refractivity contribution in [3.63, 3.8) is 0 Å². The van der Waals surface area contributed by atoms with Crippen LogP contribution >= 0.6 is 0 Å². The van der Waals surface area contributed by atoms with Crippen LogP contribution in [0.2, 0.25) is 0 Å². The fourth-order valence-corrected chi connectivity index (χ4v) is 4.84. The first-order valence-corrected chi connectivity index (χ1v) is 11.6. The Balaban J connectivity index is 1.23. The van der Waals surface area contributed by atoms with E-state index in [4.69, 9.17) is 0 Å². The van der Waals surface area contributed by atoms with Crippen LogP contribution in [-0.4, -0.2) is 41.9 Å². The van der Waals surface area contributed by atoms with Gasteiger partial charge in [-0.15, -0.1) is 0 Å². The van der Waals surface area contributed by atoms with Crippen LogP contribution in [0.4, 0.5) is 0 Å². The molecule has 0 unspecified atom stereocenters. The molecule has 0 N–H and O–H groups in total. The molecule has 2 nitrogen and oxygen atoms in total. The van der Waals surface area contributed by atoms with E-state index in [-0.39, 0.29) is 0 Å². The molecule has 0 amide bonds. The Morgan fingerprint density at radius 1 is 0.800 bits per heavy atom. The number of rotatable bonds is 5. The Morgan fingerprint density at radius 2 is 1.33 bits per heavy atom. The highest BCUT2D eigenvalue weighted by Crippen LogP contribution is 2.28. The average Bonchev–Trinajstić information content (AvgIpc) is 2.81. The molecule has 4 rings (SSSR count). The lowest BCUT2D eigenvalue weighted by atomic mass is 9.90. The van der Waals surface area contributed by atoms with Gasteiger partial charge in [-0.2, -0.15) is 0 Å². The summed E-state index contributed by atoms with van der Waals surface area (Å²) in [5.41, 5.74) is 4.34. The van der Waals surface area contributed by atoms with Crippen molar-refractivity contribution < 1.29 is 4.58 Å². The Labute approximate surface area is 182 Å². The highest BCUT2D eigenvalue weighted by Gasteiger charge is 2.22. The van der Waals surface area contributed by atoms with Gasteiger partial charge in [0.05, 0.1) is 0 Å². The van der Waals surface area contributed by atoms with Crippen molar-refractivity contribution in [1.29, 1.82) is 0 Å². The van der Waals surface area contributed by atoms with E-state index in [1.165, 1.54) is 42.4 Å². The molecule has 2 aliphatic heterocycles. The summed E-state index contributed by atoms with van der Waals surface area (Å²) < 4.78 is 2.49. The van der Waals surface area contributed by atoms with Gasteiger partial charge in [-0.3, -0.25) is 0 Å². The Morgan fingerprint density at radius 3 is 1.90 bits per heavy atom. The van der Waals surface area contributed by atoms with E-state index < -0.39 is 0 Å². The minimum atomic E-state index is 0.721. The zero-order valence-electron chi connectivity index (χ0n) is 18.3. The number of piperidine rings is 2. The summed E-state index contributed by atoms with van der Waals surface area (Å²) in [7, 11) is 0. The number of allylic oxidation sites excluding steroid dienone is 3. The molecule has 2 heterocycles. The molecular formula is C28H35N2+. The third-order valence-electron chi connectivity index (χ3n) is 6.64. The predicted molar refractivity (Wildman–Crippen MR) is 127 cm³/mol. The van der Waals surface area contributed by atoms with Gasteiger partial charge in [-0.05, 0) is 55.0 Å². The number of nitrogens with zero attached hydrogens (tertiary/aromatic N) is 2. The number of likely N-dealkylation sites (tertiary alicyclic amines) is 1. The fraction of sp³-hybridized carbons (Fsp3) is 0.393. The van der Waals surface area contributed by atoms with E-state index in [9.17, 15) is 0 Å². The van der Waals surface area contributed by atoms with Crippen molar-refractivity contribution in [3.05, 3.63) is 95.7 Å². The van der Waals surface area contributed by atoms with Gasteiger partial charge >= 0.3 is 0 Å². The molecule has 0 radical (unpaired) electrons. The monoisotopic (exact) mass is 399 g/mol. The standard InChI is InChI=1S/C28H35N2/c1-24(23-30-21-16-28(17-22-30)26-12-6-3-7-13-26)9-8-18-29-19-14-27(15-20-29)25-10-4-2-5-11-25/h2-13,18,23,27-28H,14-17,19-22H2,1H3/q+1. The number of hydrogen-bond acceptors (Lipinski definition) is 1. The molecule has 0 aliphatic carbocycles. The molecule has 0 bridgehead atoms. The summed E-state index contributed by atoms with van der Waals surface area (Å²) in [6.45, 7) is 6.83. The van der Waals surface area contributed by atoms with Crippen LogP contribution in [0.1, 0.15) is 55.6 Å². The molecule has 2 heteroatoms. The summed E-state index contributed by atoms with van der Waals surface area (Å²) in [5.74, 6) is 1.44. The summed E-state index contributed by atoms with van der Waals surface area (Å²) in [6.07, 6.45) is 14.1. The lowest BCUT2D eigenvalue weighted by Gasteiger charge is -2.31. The van der Waals surface area contributed by atoms with Crippen LogP contribution in [0.25, 0.3) is 0 Å². The molecule has 0 saturated carbocycles. The molecule has 2 saturated heterocycles.